The molecule has 2 rings (SSSR count). The summed E-state index contributed by atoms with van der Waals surface area (Å²) < 4.78 is 14.9. The minimum atomic E-state index is -0.332. The normalized spacial score (nSPS) is 15.5. The molecule has 24 heavy (non-hydrogen) atoms. The Morgan fingerprint density at radius 2 is 1.67 bits per heavy atom. The molecular formula is C18H25NO5. The summed E-state index contributed by atoms with van der Waals surface area (Å²) in [6.07, 6.45) is 3.07. The van der Waals surface area contributed by atoms with Gasteiger partial charge in [0, 0.05) is 12.1 Å². The molecular weight excluding hydrogens is 310 g/mol. The topological polar surface area (TPSA) is 65.1 Å². The maximum absolute atomic E-state index is 11.9. The van der Waals surface area contributed by atoms with Crippen LogP contribution in [0, 0.1) is 0 Å². The van der Waals surface area contributed by atoms with E-state index in [1.54, 1.807) is 7.11 Å². The van der Waals surface area contributed by atoms with Crippen molar-refractivity contribution in [3.05, 3.63) is 29.8 Å². The van der Waals surface area contributed by atoms with Crippen LogP contribution in [0.3, 0.4) is 0 Å². The number of methoxy groups -OCH3 is 3. The van der Waals surface area contributed by atoms with Gasteiger partial charge in [0.1, 0.15) is 5.75 Å². The van der Waals surface area contributed by atoms with E-state index in [0.717, 1.165) is 30.6 Å². The molecule has 1 aromatic rings. The summed E-state index contributed by atoms with van der Waals surface area (Å²) >= 11 is 0. The van der Waals surface area contributed by atoms with Gasteiger partial charge in [0.2, 0.25) is 0 Å². The van der Waals surface area contributed by atoms with E-state index in [4.69, 9.17) is 14.2 Å². The summed E-state index contributed by atoms with van der Waals surface area (Å²) in [4.78, 5) is 25.7. The van der Waals surface area contributed by atoms with Gasteiger partial charge in [-0.2, -0.15) is 0 Å². The van der Waals surface area contributed by atoms with Crippen LogP contribution in [-0.2, 0) is 25.6 Å². The number of carbonyl (C=O) groups is 2. The van der Waals surface area contributed by atoms with Crippen LogP contribution in [0.2, 0.25) is 0 Å². The predicted molar refractivity (Wildman–Crippen MR) is 88.6 cm³/mol. The Labute approximate surface area is 142 Å². The Balaban J connectivity index is 2.19. The number of ether oxygens (including phenoxy) is 3. The zero-order chi connectivity index (χ0) is 17.6. The summed E-state index contributed by atoms with van der Waals surface area (Å²) in [5.74, 6) is 0.227. The Bertz CT molecular complexity index is 565. The fourth-order valence-corrected chi connectivity index (χ4v) is 3.09. The van der Waals surface area contributed by atoms with E-state index < -0.39 is 0 Å². The van der Waals surface area contributed by atoms with E-state index in [9.17, 15) is 9.59 Å². The van der Waals surface area contributed by atoms with Crippen molar-refractivity contribution in [1.82, 2.24) is 4.90 Å². The van der Waals surface area contributed by atoms with Gasteiger partial charge in [0.15, 0.2) is 0 Å². The maximum Gasteiger partial charge on any atom is 0.319 e. The molecule has 0 amide bonds. The fourth-order valence-electron chi connectivity index (χ4n) is 3.09. The first-order valence-corrected chi connectivity index (χ1v) is 8.04. The molecule has 6 nitrogen and oxygen atoms in total. The lowest BCUT2D eigenvalue weighted by atomic mass is 9.72. The molecule has 6 heteroatoms. The van der Waals surface area contributed by atoms with Crippen molar-refractivity contribution in [3.63, 3.8) is 0 Å². The number of benzene rings is 1. The van der Waals surface area contributed by atoms with Crippen molar-refractivity contribution >= 4 is 11.9 Å². The zero-order valence-electron chi connectivity index (χ0n) is 14.5. The molecule has 0 aromatic heterocycles. The first-order valence-electron chi connectivity index (χ1n) is 8.04. The Hall–Kier alpha value is -2.08. The molecule has 1 saturated carbocycles. The van der Waals surface area contributed by atoms with Gasteiger partial charge in [-0.25, -0.2) is 0 Å². The van der Waals surface area contributed by atoms with Gasteiger partial charge >= 0.3 is 11.9 Å². The van der Waals surface area contributed by atoms with Crippen LogP contribution in [-0.4, -0.2) is 50.3 Å². The monoisotopic (exact) mass is 335 g/mol. The molecule has 1 aliphatic carbocycles. The highest BCUT2D eigenvalue weighted by Gasteiger charge is 2.45. The zero-order valence-corrected chi connectivity index (χ0v) is 14.5. The second kappa shape index (κ2) is 8.15. The summed E-state index contributed by atoms with van der Waals surface area (Å²) in [5.41, 5.74) is 0.720. The molecule has 0 N–H and O–H groups in total. The first kappa shape index (κ1) is 18.3. The SMILES string of the molecule is COC(=O)CN(Cc1ccc(OC)cc1)C1(CC(=O)OC)CCC1. The minimum Gasteiger partial charge on any atom is -0.497 e. The average Bonchev–Trinajstić information content (AvgIpc) is 2.57. The quantitative estimate of drug-likeness (QED) is 0.678. The second-order valence-electron chi connectivity index (χ2n) is 6.11. The third-order valence-corrected chi connectivity index (χ3v) is 4.74. The first-order chi connectivity index (χ1) is 11.5. The number of nitrogens with zero attached hydrogens (tertiary/aromatic N) is 1. The summed E-state index contributed by atoms with van der Waals surface area (Å²) in [6, 6.07) is 7.71. The standard InChI is InChI=1S/C18H25NO5/c1-22-15-7-5-14(6-8-15)12-19(13-17(21)24-3)18(9-4-10-18)11-16(20)23-2/h5-8H,4,9-13H2,1-3H3. The van der Waals surface area contributed by atoms with Crippen molar-refractivity contribution in [2.24, 2.45) is 0 Å². The van der Waals surface area contributed by atoms with Crippen molar-refractivity contribution in [2.45, 2.75) is 37.8 Å². The molecule has 0 heterocycles. The molecule has 0 spiro atoms. The molecule has 1 aromatic carbocycles. The Morgan fingerprint density at radius 3 is 2.12 bits per heavy atom. The van der Waals surface area contributed by atoms with Crippen LogP contribution in [0.5, 0.6) is 5.75 Å². The number of hydrogen-bond acceptors (Lipinski definition) is 6. The third kappa shape index (κ3) is 4.26. The van der Waals surface area contributed by atoms with E-state index in [0.29, 0.717) is 6.54 Å². The molecule has 1 aliphatic rings. The van der Waals surface area contributed by atoms with Crippen LogP contribution in [0.4, 0.5) is 0 Å². The molecule has 132 valence electrons. The van der Waals surface area contributed by atoms with E-state index in [-0.39, 0.29) is 30.4 Å². The maximum atomic E-state index is 11.9. The lowest BCUT2D eigenvalue weighted by Gasteiger charge is -2.49. The molecule has 0 radical (unpaired) electrons. The predicted octanol–water partition coefficient (Wildman–Crippen LogP) is 2.16. The van der Waals surface area contributed by atoms with Gasteiger partial charge in [0.05, 0.1) is 34.3 Å². The fraction of sp³-hybridized carbons (Fsp3) is 0.556. The van der Waals surface area contributed by atoms with Gasteiger partial charge in [-0.05, 0) is 37.0 Å². The highest BCUT2D eigenvalue weighted by atomic mass is 16.5. The molecule has 1 fully saturated rings. The van der Waals surface area contributed by atoms with E-state index in [1.807, 2.05) is 29.2 Å². The second-order valence-corrected chi connectivity index (χ2v) is 6.11. The number of esters is 2. The minimum absolute atomic E-state index is 0.152. The molecule has 0 atom stereocenters. The summed E-state index contributed by atoms with van der Waals surface area (Å²) in [5, 5.41) is 0. The van der Waals surface area contributed by atoms with Crippen LogP contribution < -0.4 is 4.74 Å². The van der Waals surface area contributed by atoms with Crippen LogP contribution in [0.25, 0.3) is 0 Å². The van der Waals surface area contributed by atoms with E-state index in [2.05, 4.69) is 0 Å². The Morgan fingerprint density at radius 1 is 1.04 bits per heavy atom. The smallest absolute Gasteiger partial charge is 0.319 e. The van der Waals surface area contributed by atoms with Crippen molar-refractivity contribution in [2.75, 3.05) is 27.9 Å². The van der Waals surface area contributed by atoms with Gasteiger partial charge in [-0.3, -0.25) is 14.5 Å². The van der Waals surface area contributed by atoms with Gasteiger partial charge < -0.3 is 14.2 Å². The third-order valence-electron chi connectivity index (χ3n) is 4.74. The Kier molecular flexibility index (Phi) is 6.20. The summed E-state index contributed by atoms with van der Waals surface area (Å²) in [7, 11) is 4.39. The molecule has 0 bridgehead atoms. The lowest BCUT2D eigenvalue weighted by molar-refractivity contribution is -0.152. The number of hydrogen-bond donors (Lipinski definition) is 0. The van der Waals surface area contributed by atoms with Crippen LogP contribution in [0.15, 0.2) is 24.3 Å². The average molecular weight is 335 g/mol. The highest BCUT2D eigenvalue weighted by Crippen LogP contribution is 2.41. The van der Waals surface area contributed by atoms with Crippen molar-refractivity contribution in [1.29, 1.82) is 0 Å². The largest absolute Gasteiger partial charge is 0.497 e. The lowest BCUT2D eigenvalue weighted by Crippen LogP contribution is -2.56. The summed E-state index contributed by atoms with van der Waals surface area (Å²) in [6.45, 7) is 0.718. The molecule has 0 saturated heterocycles. The number of rotatable bonds is 8. The van der Waals surface area contributed by atoms with E-state index in [1.165, 1.54) is 14.2 Å². The van der Waals surface area contributed by atoms with Crippen LogP contribution in [0.1, 0.15) is 31.2 Å². The van der Waals surface area contributed by atoms with Gasteiger partial charge in [-0.1, -0.05) is 12.1 Å². The molecule has 0 unspecified atom stereocenters. The van der Waals surface area contributed by atoms with E-state index >= 15 is 0 Å². The van der Waals surface area contributed by atoms with Gasteiger partial charge in [0.25, 0.3) is 0 Å². The highest BCUT2D eigenvalue weighted by molar-refractivity contribution is 5.73. The van der Waals surface area contributed by atoms with Crippen molar-refractivity contribution in [3.8, 4) is 5.75 Å². The van der Waals surface area contributed by atoms with Gasteiger partial charge in [-0.15, -0.1) is 0 Å². The van der Waals surface area contributed by atoms with Crippen molar-refractivity contribution < 1.29 is 23.8 Å². The number of carbonyl (C=O) groups excluding carboxylic acids is 2. The van der Waals surface area contributed by atoms with Crippen LogP contribution >= 0.6 is 0 Å². The molecule has 0 aliphatic heterocycles.